The van der Waals surface area contributed by atoms with Crippen molar-refractivity contribution in [2.24, 2.45) is 0 Å². The monoisotopic (exact) mass is 184 g/mol. The van der Waals surface area contributed by atoms with Crippen molar-refractivity contribution >= 4 is 0 Å². The summed E-state index contributed by atoms with van der Waals surface area (Å²) in [6, 6.07) is 0. The van der Waals surface area contributed by atoms with Crippen molar-refractivity contribution in [3.8, 4) is 0 Å². The molecule has 0 aromatic carbocycles. The Labute approximate surface area is 83.2 Å². The van der Waals surface area contributed by atoms with Gasteiger partial charge in [-0.2, -0.15) is 0 Å². The molecule has 78 valence electrons. The van der Waals surface area contributed by atoms with E-state index in [1.165, 1.54) is 32.1 Å². The molecule has 0 saturated heterocycles. The summed E-state index contributed by atoms with van der Waals surface area (Å²) in [6.45, 7) is 4.30. The summed E-state index contributed by atoms with van der Waals surface area (Å²) in [7, 11) is 1.81. The van der Waals surface area contributed by atoms with E-state index in [-0.39, 0.29) is 0 Å². The Hall–Kier alpha value is -0.300. The standard InChI is InChI=1S/C12H24O/c1-4-6-8-9-11-12(13-3)10-7-5-2/h5,7,12H,4,6,8-11H2,1-3H3/b7-5+. The first-order valence-electron chi connectivity index (χ1n) is 5.49. The molecule has 0 aliphatic rings. The molecular formula is C12H24O. The zero-order valence-corrected chi connectivity index (χ0v) is 9.38. The van der Waals surface area contributed by atoms with Crippen molar-refractivity contribution in [1.29, 1.82) is 0 Å². The van der Waals surface area contributed by atoms with Gasteiger partial charge in [-0.3, -0.25) is 0 Å². The number of hydrogen-bond acceptors (Lipinski definition) is 1. The highest BCUT2D eigenvalue weighted by Gasteiger charge is 2.03. The van der Waals surface area contributed by atoms with Crippen molar-refractivity contribution in [2.45, 2.75) is 58.5 Å². The van der Waals surface area contributed by atoms with Crippen molar-refractivity contribution in [2.75, 3.05) is 7.11 Å². The average molecular weight is 184 g/mol. The average Bonchev–Trinajstić information content (AvgIpc) is 2.17. The SMILES string of the molecule is C/C=C/CC(CCCCCC)OC. The zero-order valence-electron chi connectivity index (χ0n) is 9.38. The minimum Gasteiger partial charge on any atom is -0.381 e. The number of unbranched alkanes of at least 4 members (excludes halogenated alkanes) is 3. The molecule has 0 heterocycles. The van der Waals surface area contributed by atoms with Gasteiger partial charge in [-0.05, 0) is 19.8 Å². The molecule has 1 atom stereocenters. The van der Waals surface area contributed by atoms with Gasteiger partial charge in [-0.1, -0.05) is 44.8 Å². The van der Waals surface area contributed by atoms with Crippen LogP contribution in [0, 0.1) is 0 Å². The van der Waals surface area contributed by atoms with Gasteiger partial charge in [0.15, 0.2) is 0 Å². The molecule has 0 fully saturated rings. The first-order valence-corrected chi connectivity index (χ1v) is 5.49. The highest BCUT2D eigenvalue weighted by Crippen LogP contribution is 2.10. The Morgan fingerprint density at radius 2 is 2.00 bits per heavy atom. The molecule has 0 saturated carbocycles. The fraction of sp³-hybridized carbons (Fsp3) is 0.833. The molecule has 0 bridgehead atoms. The quantitative estimate of drug-likeness (QED) is 0.410. The van der Waals surface area contributed by atoms with E-state index >= 15 is 0 Å². The summed E-state index contributed by atoms with van der Waals surface area (Å²) in [5.74, 6) is 0. The summed E-state index contributed by atoms with van der Waals surface area (Å²) >= 11 is 0. The zero-order chi connectivity index (χ0) is 9.94. The number of allylic oxidation sites excluding steroid dienone is 1. The third kappa shape index (κ3) is 8.04. The van der Waals surface area contributed by atoms with Crippen LogP contribution in [-0.2, 0) is 4.74 Å². The predicted molar refractivity (Wildman–Crippen MR) is 59.0 cm³/mol. The van der Waals surface area contributed by atoms with Crippen LogP contribution in [0.5, 0.6) is 0 Å². The molecule has 0 N–H and O–H groups in total. The molecule has 0 aliphatic carbocycles. The minimum atomic E-state index is 0.438. The van der Waals surface area contributed by atoms with Crippen LogP contribution in [0.25, 0.3) is 0 Å². The Morgan fingerprint density at radius 1 is 1.23 bits per heavy atom. The summed E-state index contributed by atoms with van der Waals surface area (Å²) in [5.41, 5.74) is 0. The first kappa shape index (κ1) is 12.7. The molecule has 0 aromatic rings. The Kier molecular flexibility index (Phi) is 9.56. The first-order chi connectivity index (χ1) is 6.35. The summed E-state index contributed by atoms with van der Waals surface area (Å²) in [6.07, 6.45) is 12.3. The van der Waals surface area contributed by atoms with Crippen LogP contribution in [0.4, 0.5) is 0 Å². The maximum Gasteiger partial charge on any atom is 0.0605 e. The molecule has 0 amide bonds. The van der Waals surface area contributed by atoms with Gasteiger partial charge in [-0.25, -0.2) is 0 Å². The van der Waals surface area contributed by atoms with Crippen molar-refractivity contribution in [3.05, 3.63) is 12.2 Å². The van der Waals surface area contributed by atoms with Gasteiger partial charge in [0.1, 0.15) is 0 Å². The second kappa shape index (κ2) is 9.79. The maximum absolute atomic E-state index is 5.38. The maximum atomic E-state index is 5.38. The lowest BCUT2D eigenvalue weighted by atomic mass is 10.1. The van der Waals surface area contributed by atoms with Crippen LogP contribution in [0.15, 0.2) is 12.2 Å². The van der Waals surface area contributed by atoms with Gasteiger partial charge in [0.25, 0.3) is 0 Å². The molecule has 0 aromatic heterocycles. The van der Waals surface area contributed by atoms with Crippen LogP contribution in [0.2, 0.25) is 0 Å². The molecule has 0 spiro atoms. The van der Waals surface area contributed by atoms with Gasteiger partial charge >= 0.3 is 0 Å². The minimum absolute atomic E-state index is 0.438. The number of rotatable bonds is 8. The normalized spacial score (nSPS) is 13.8. The molecule has 13 heavy (non-hydrogen) atoms. The van der Waals surface area contributed by atoms with Gasteiger partial charge in [0.2, 0.25) is 0 Å². The topological polar surface area (TPSA) is 9.23 Å². The van der Waals surface area contributed by atoms with Crippen molar-refractivity contribution in [1.82, 2.24) is 0 Å². The third-order valence-electron chi connectivity index (χ3n) is 2.35. The second-order valence-corrected chi connectivity index (χ2v) is 3.51. The van der Waals surface area contributed by atoms with Crippen LogP contribution >= 0.6 is 0 Å². The smallest absolute Gasteiger partial charge is 0.0605 e. The number of ether oxygens (including phenoxy) is 1. The van der Waals surface area contributed by atoms with Crippen LogP contribution in [-0.4, -0.2) is 13.2 Å². The van der Waals surface area contributed by atoms with E-state index < -0.39 is 0 Å². The van der Waals surface area contributed by atoms with E-state index in [4.69, 9.17) is 4.74 Å². The largest absolute Gasteiger partial charge is 0.381 e. The number of methoxy groups -OCH3 is 1. The van der Waals surface area contributed by atoms with Crippen LogP contribution in [0.1, 0.15) is 52.4 Å². The highest BCUT2D eigenvalue weighted by atomic mass is 16.5. The van der Waals surface area contributed by atoms with E-state index in [1.807, 2.05) is 7.11 Å². The fourth-order valence-electron chi connectivity index (χ4n) is 1.42. The van der Waals surface area contributed by atoms with E-state index in [0.717, 1.165) is 6.42 Å². The second-order valence-electron chi connectivity index (χ2n) is 3.51. The van der Waals surface area contributed by atoms with Gasteiger partial charge in [0.05, 0.1) is 6.10 Å². The summed E-state index contributed by atoms with van der Waals surface area (Å²) in [4.78, 5) is 0. The van der Waals surface area contributed by atoms with Crippen LogP contribution in [0.3, 0.4) is 0 Å². The molecule has 0 rings (SSSR count). The molecule has 1 unspecified atom stereocenters. The molecule has 1 heteroatoms. The third-order valence-corrected chi connectivity index (χ3v) is 2.35. The molecule has 0 aliphatic heterocycles. The highest BCUT2D eigenvalue weighted by molar-refractivity contribution is 4.80. The predicted octanol–water partition coefficient (Wildman–Crippen LogP) is 3.94. The lowest BCUT2D eigenvalue weighted by Gasteiger charge is -2.12. The molecular weight excluding hydrogens is 160 g/mol. The van der Waals surface area contributed by atoms with E-state index in [2.05, 4.69) is 26.0 Å². The Morgan fingerprint density at radius 3 is 2.54 bits per heavy atom. The van der Waals surface area contributed by atoms with E-state index in [9.17, 15) is 0 Å². The lowest BCUT2D eigenvalue weighted by Crippen LogP contribution is -2.08. The van der Waals surface area contributed by atoms with Gasteiger partial charge in [-0.15, -0.1) is 0 Å². The van der Waals surface area contributed by atoms with Crippen LogP contribution < -0.4 is 0 Å². The molecule has 0 radical (unpaired) electrons. The van der Waals surface area contributed by atoms with Gasteiger partial charge in [0, 0.05) is 7.11 Å². The van der Waals surface area contributed by atoms with Crippen molar-refractivity contribution in [3.63, 3.8) is 0 Å². The van der Waals surface area contributed by atoms with Gasteiger partial charge < -0.3 is 4.74 Å². The Balaban J connectivity index is 3.36. The molecule has 1 nitrogen and oxygen atoms in total. The Bertz CT molecular complexity index is 118. The summed E-state index contributed by atoms with van der Waals surface area (Å²) < 4.78 is 5.38. The van der Waals surface area contributed by atoms with E-state index in [1.54, 1.807) is 0 Å². The fourth-order valence-corrected chi connectivity index (χ4v) is 1.42. The van der Waals surface area contributed by atoms with Crippen molar-refractivity contribution < 1.29 is 4.74 Å². The number of hydrogen-bond donors (Lipinski definition) is 0. The van der Waals surface area contributed by atoms with E-state index in [0.29, 0.717) is 6.10 Å². The lowest BCUT2D eigenvalue weighted by molar-refractivity contribution is 0.0952. The summed E-state index contributed by atoms with van der Waals surface area (Å²) in [5, 5.41) is 0.